The molecule has 0 aromatic carbocycles. The van der Waals surface area contributed by atoms with E-state index in [4.69, 9.17) is 17.3 Å². The van der Waals surface area contributed by atoms with E-state index >= 15 is 0 Å². The smallest absolute Gasteiger partial charge is 0.224 e. The molecule has 0 radical (unpaired) electrons. The summed E-state index contributed by atoms with van der Waals surface area (Å²) in [6.45, 7) is 5.36. The molecule has 0 bridgehead atoms. The Hall–Kier alpha value is -1.03. The van der Waals surface area contributed by atoms with Gasteiger partial charge in [0.2, 0.25) is 5.28 Å². The van der Waals surface area contributed by atoms with Gasteiger partial charge in [-0.05, 0) is 38.3 Å². The van der Waals surface area contributed by atoms with Crippen LogP contribution in [0.4, 0.5) is 11.5 Å². The SMILES string of the molecule is CC1(C)CCCN1c1nc(Cl)ncc1N. The normalized spacial score (nSPS) is 19.5. The van der Waals surface area contributed by atoms with E-state index < -0.39 is 0 Å². The van der Waals surface area contributed by atoms with Gasteiger partial charge in [-0.1, -0.05) is 0 Å². The third-order valence-corrected chi connectivity index (χ3v) is 3.11. The third-order valence-electron chi connectivity index (χ3n) is 2.92. The molecule has 1 saturated heterocycles. The zero-order chi connectivity index (χ0) is 11.1. The Labute approximate surface area is 94.5 Å². The maximum atomic E-state index is 5.87. The van der Waals surface area contributed by atoms with E-state index in [2.05, 4.69) is 28.7 Å². The fourth-order valence-electron chi connectivity index (χ4n) is 2.08. The highest BCUT2D eigenvalue weighted by Gasteiger charge is 2.33. The van der Waals surface area contributed by atoms with E-state index in [9.17, 15) is 0 Å². The lowest BCUT2D eigenvalue weighted by molar-refractivity contribution is 0.514. The van der Waals surface area contributed by atoms with Gasteiger partial charge in [0.1, 0.15) is 0 Å². The number of hydrogen-bond acceptors (Lipinski definition) is 4. The Morgan fingerprint density at radius 1 is 1.53 bits per heavy atom. The summed E-state index contributed by atoms with van der Waals surface area (Å²) in [7, 11) is 0. The number of halogens is 1. The number of nitrogens with zero attached hydrogens (tertiary/aromatic N) is 3. The largest absolute Gasteiger partial charge is 0.394 e. The van der Waals surface area contributed by atoms with Gasteiger partial charge in [-0.25, -0.2) is 4.98 Å². The van der Waals surface area contributed by atoms with Crippen molar-refractivity contribution in [3.8, 4) is 0 Å². The molecule has 15 heavy (non-hydrogen) atoms. The topological polar surface area (TPSA) is 55.0 Å². The minimum absolute atomic E-state index is 0.103. The van der Waals surface area contributed by atoms with E-state index in [0.717, 1.165) is 25.2 Å². The van der Waals surface area contributed by atoms with Crippen LogP contribution in [-0.4, -0.2) is 22.1 Å². The Bertz CT molecular complexity index is 378. The van der Waals surface area contributed by atoms with Crippen molar-refractivity contribution in [2.75, 3.05) is 17.2 Å². The average molecular weight is 227 g/mol. The van der Waals surface area contributed by atoms with Gasteiger partial charge in [-0.15, -0.1) is 0 Å². The number of nitrogen functional groups attached to an aromatic ring is 1. The first-order chi connectivity index (χ1) is 7.00. The summed E-state index contributed by atoms with van der Waals surface area (Å²) in [6.07, 6.45) is 3.88. The Kier molecular flexibility index (Phi) is 2.46. The van der Waals surface area contributed by atoms with Crippen LogP contribution in [0.5, 0.6) is 0 Å². The van der Waals surface area contributed by atoms with Gasteiger partial charge in [0.15, 0.2) is 5.82 Å². The van der Waals surface area contributed by atoms with Crippen LogP contribution < -0.4 is 10.6 Å². The van der Waals surface area contributed by atoms with Crippen LogP contribution in [0, 0.1) is 0 Å². The summed E-state index contributed by atoms with van der Waals surface area (Å²) in [4.78, 5) is 10.3. The summed E-state index contributed by atoms with van der Waals surface area (Å²) in [5.74, 6) is 0.762. The van der Waals surface area contributed by atoms with Crippen molar-refractivity contribution in [2.45, 2.75) is 32.2 Å². The van der Waals surface area contributed by atoms with E-state index in [1.165, 1.54) is 0 Å². The number of aromatic nitrogens is 2. The van der Waals surface area contributed by atoms with Crippen molar-refractivity contribution >= 4 is 23.1 Å². The minimum atomic E-state index is 0.103. The lowest BCUT2D eigenvalue weighted by Crippen LogP contribution is -2.39. The minimum Gasteiger partial charge on any atom is -0.394 e. The lowest BCUT2D eigenvalue weighted by Gasteiger charge is -2.33. The van der Waals surface area contributed by atoms with Crippen LogP contribution in [0.3, 0.4) is 0 Å². The summed E-state index contributed by atoms with van der Waals surface area (Å²) in [6, 6.07) is 0. The van der Waals surface area contributed by atoms with Crippen molar-refractivity contribution in [1.29, 1.82) is 0 Å². The molecule has 0 aliphatic carbocycles. The van der Waals surface area contributed by atoms with Gasteiger partial charge in [-0.3, -0.25) is 0 Å². The van der Waals surface area contributed by atoms with Crippen molar-refractivity contribution in [3.05, 3.63) is 11.5 Å². The summed E-state index contributed by atoms with van der Waals surface area (Å²) in [5, 5.41) is 0.252. The molecule has 1 fully saturated rings. The second-order valence-corrected chi connectivity index (χ2v) is 4.82. The van der Waals surface area contributed by atoms with Gasteiger partial charge in [0.25, 0.3) is 0 Å². The highest BCUT2D eigenvalue weighted by Crippen LogP contribution is 2.35. The molecule has 2 N–H and O–H groups in total. The van der Waals surface area contributed by atoms with E-state index in [1.54, 1.807) is 6.20 Å². The molecule has 0 unspecified atom stereocenters. The predicted molar refractivity (Wildman–Crippen MR) is 62.1 cm³/mol. The summed E-state index contributed by atoms with van der Waals surface area (Å²) >= 11 is 5.78. The zero-order valence-corrected chi connectivity index (χ0v) is 9.75. The number of nitrogens with two attached hydrogens (primary N) is 1. The van der Waals surface area contributed by atoms with Crippen molar-refractivity contribution in [3.63, 3.8) is 0 Å². The molecule has 2 rings (SSSR count). The highest BCUT2D eigenvalue weighted by atomic mass is 35.5. The van der Waals surface area contributed by atoms with Crippen LogP contribution in [0.2, 0.25) is 5.28 Å². The maximum absolute atomic E-state index is 5.87. The molecule has 82 valence electrons. The molecule has 1 aromatic rings. The molecular formula is C10H15ClN4. The van der Waals surface area contributed by atoms with Crippen molar-refractivity contribution in [2.24, 2.45) is 0 Å². The molecule has 1 aliphatic heterocycles. The second-order valence-electron chi connectivity index (χ2n) is 4.49. The lowest BCUT2D eigenvalue weighted by atomic mass is 10.0. The quantitative estimate of drug-likeness (QED) is 0.745. The Balaban J connectivity index is 2.40. The number of anilines is 2. The fourth-order valence-corrected chi connectivity index (χ4v) is 2.21. The summed E-state index contributed by atoms with van der Waals surface area (Å²) in [5.41, 5.74) is 6.56. The first-order valence-corrected chi connectivity index (χ1v) is 5.44. The molecule has 0 amide bonds. The maximum Gasteiger partial charge on any atom is 0.224 e. The molecule has 0 atom stereocenters. The van der Waals surface area contributed by atoms with Gasteiger partial charge in [-0.2, -0.15) is 4.98 Å². The van der Waals surface area contributed by atoms with Gasteiger partial charge >= 0.3 is 0 Å². The van der Waals surface area contributed by atoms with Gasteiger partial charge in [0, 0.05) is 12.1 Å². The van der Waals surface area contributed by atoms with Crippen LogP contribution in [0.15, 0.2) is 6.20 Å². The molecule has 1 aromatic heterocycles. The summed E-state index contributed by atoms with van der Waals surface area (Å²) < 4.78 is 0. The van der Waals surface area contributed by atoms with Crippen LogP contribution in [0.25, 0.3) is 0 Å². The second kappa shape index (κ2) is 3.52. The van der Waals surface area contributed by atoms with E-state index in [0.29, 0.717) is 5.69 Å². The first-order valence-electron chi connectivity index (χ1n) is 5.06. The fraction of sp³-hybridized carbons (Fsp3) is 0.600. The monoisotopic (exact) mass is 226 g/mol. The van der Waals surface area contributed by atoms with E-state index in [-0.39, 0.29) is 10.8 Å². The highest BCUT2D eigenvalue weighted by molar-refractivity contribution is 6.28. The van der Waals surface area contributed by atoms with Crippen molar-refractivity contribution in [1.82, 2.24) is 9.97 Å². The Morgan fingerprint density at radius 3 is 2.87 bits per heavy atom. The molecule has 0 saturated carbocycles. The number of hydrogen-bond donors (Lipinski definition) is 1. The average Bonchev–Trinajstić information content (AvgIpc) is 2.50. The third kappa shape index (κ3) is 1.86. The zero-order valence-electron chi connectivity index (χ0n) is 9.00. The van der Waals surface area contributed by atoms with E-state index in [1.807, 2.05) is 0 Å². The molecule has 4 nitrogen and oxygen atoms in total. The molecule has 0 spiro atoms. The Morgan fingerprint density at radius 2 is 2.27 bits per heavy atom. The molecule has 5 heteroatoms. The van der Waals surface area contributed by atoms with Crippen LogP contribution in [0.1, 0.15) is 26.7 Å². The molecular weight excluding hydrogens is 212 g/mol. The van der Waals surface area contributed by atoms with Crippen LogP contribution >= 0.6 is 11.6 Å². The van der Waals surface area contributed by atoms with Crippen LogP contribution in [-0.2, 0) is 0 Å². The molecule has 1 aliphatic rings. The van der Waals surface area contributed by atoms with Crippen molar-refractivity contribution < 1.29 is 0 Å². The first kappa shape index (κ1) is 10.5. The predicted octanol–water partition coefficient (Wildman–Crippen LogP) is 2.09. The number of rotatable bonds is 1. The van der Waals surface area contributed by atoms with Gasteiger partial charge < -0.3 is 10.6 Å². The molecule has 2 heterocycles. The van der Waals surface area contributed by atoms with Gasteiger partial charge in [0.05, 0.1) is 11.9 Å². The standard InChI is InChI=1S/C10H15ClN4/c1-10(2)4-3-5-15(10)8-7(12)6-13-9(11)14-8/h6H,3-5,12H2,1-2H3.